The zero-order valence-electron chi connectivity index (χ0n) is 33.3. The first kappa shape index (κ1) is 36.5. The summed E-state index contributed by atoms with van der Waals surface area (Å²) in [5.74, 6) is 4.72. The van der Waals surface area contributed by atoms with E-state index in [-0.39, 0.29) is 17.6 Å². The Morgan fingerprint density at radius 2 is 1.15 bits per heavy atom. The third-order valence-electron chi connectivity index (χ3n) is 11.5. The molecule has 13 nitrogen and oxygen atoms in total. The third-order valence-corrected chi connectivity index (χ3v) is 11.5. The first-order valence-electron chi connectivity index (χ1n) is 20.6. The standard InChI is InChI=1S/C46H47N11O2/c1-27-9-15-41(58-27)49-37-25-31(56-17-5-3-6-18-56)11-13-33(37)35-21-29-22-36(52-46-43(29)45(51-35)54-44(55-46)30-23-39(47)53-40(48)24-30)34-14-12-32(57-19-7-4-8-20-57)26-38(34)50-42-16-10-28(2)59-42/h9-16,21-26,43,49-50H,3-8,17-20H2,1-2H3,(H4,47,48,53). The maximum Gasteiger partial charge on any atom is 0.197 e. The molecule has 10 rings (SSSR count). The number of hydrogen-bond acceptors (Lipinski definition) is 13. The normalized spacial score (nSPS) is 18.8. The highest BCUT2D eigenvalue weighted by atomic mass is 16.4. The van der Waals surface area contributed by atoms with Crippen LogP contribution in [0.1, 0.15) is 66.7 Å². The zero-order valence-corrected chi connectivity index (χ0v) is 33.3. The predicted molar refractivity (Wildman–Crippen MR) is 239 cm³/mol. The lowest BCUT2D eigenvalue weighted by molar-refractivity contribution is 0.550. The van der Waals surface area contributed by atoms with Crippen molar-refractivity contribution in [1.82, 2.24) is 4.98 Å². The van der Waals surface area contributed by atoms with Gasteiger partial charge in [0.15, 0.2) is 17.6 Å². The van der Waals surface area contributed by atoms with Crippen molar-refractivity contribution >= 4 is 75.1 Å². The number of nitrogens with two attached hydrogens (primary N) is 2. The van der Waals surface area contributed by atoms with Crippen LogP contribution in [0, 0.1) is 19.8 Å². The Morgan fingerprint density at radius 1 is 0.593 bits per heavy atom. The largest absolute Gasteiger partial charge is 0.446 e. The molecule has 5 aliphatic heterocycles. The SMILES string of the molecule is Cc1ccc(Nc2cc(N3CCCCC3)ccc2C2=CC3=CC(c4ccc(N5CCCCC5)cc4Nc4ccc(C)o4)=NC4=NC(c5cc(N)nc(N)c5)=NC(=N2)C34)o1. The van der Waals surface area contributed by atoms with Gasteiger partial charge in [-0.25, -0.2) is 25.0 Å². The molecule has 5 aromatic rings. The van der Waals surface area contributed by atoms with Crippen LogP contribution in [0.25, 0.3) is 5.70 Å². The molecule has 5 aliphatic rings. The smallest absolute Gasteiger partial charge is 0.197 e. The summed E-state index contributed by atoms with van der Waals surface area (Å²) < 4.78 is 12.1. The Labute approximate surface area is 343 Å². The van der Waals surface area contributed by atoms with Crippen molar-refractivity contribution in [2.75, 3.05) is 58.1 Å². The minimum Gasteiger partial charge on any atom is -0.446 e. The fourth-order valence-corrected chi connectivity index (χ4v) is 8.59. The number of nitrogens with zero attached hydrogens (tertiary/aromatic N) is 7. The zero-order chi connectivity index (χ0) is 40.0. The van der Waals surface area contributed by atoms with E-state index in [0.29, 0.717) is 34.8 Å². The monoisotopic (exact) mass is 785 g/mol. The Balaban J connectivity index is 1.12. The molecule has 2 aromatic carbocycles. The number of amidine groups is 3. The first-order valence-corrected chi connectivity index (χ1v) is 20.6. The van der Waals surface area contributed by atoms with E-state index in [0.717, 1.165) is 88.6 Å². The van der Waals surface area contributed by atoms with Crippen molar-refractivity contribution in [1.29, 1.82) is 0 Å². The fraction of sp³-hybridized carbons (Fsp3) is 0.283. The first-order chi connectivity index (χ1) is 28.8. The summed E-state index contributed by atoms with van der Waals surface area (Å²) in [5, 5.41) is 7.16. The van der Waals surface area contributed by atoms with Gasteiger partial charge < -0.3 is 40.7 Å². The van der Waals surface area contributed by atoms with Crippen LogP contribution in [0.3, 0.4) is 0 Å². The molecule has 1 unspecified atom stereocenters. The second-order valence-electron chi connectivity index (χ2n) is 15.8. The number of hydrogen-bond donors (Lipinski definition) is 4. The van der Waals surface area contributed by atoms with E-state index in [1.165, 1.54) is 38.5 Å². The number of piperidine rings is 2. The van der Waals surface area contributed by atoms with E-state index in [1.807, 2.05) is 38.1 Å². The van der Waals surface area contributed by atoms with Crippen LogP contribution in [0.4, 0.5) is 46.2 Å². The summed E-state index contributed by atoms with van der Waals surface area (Å²) in [6, 6.07) is 24.4. The molecular weight excluding hydrogens is 739 g/mol. The van der Waals surface area contributed by atoms with Gasteiger partial charge in [0, 0.05) is 66.4 Å². The number of benzene rings is 2. The Bertz CT molecular complexity index is 2520. The highest BCUT2D eigenvalue weighted by Crippen LogP contribution is 2.41. The molecule has 1 atom stereocenters. The summed E-state index contributed by atoms with van der Waals surface area (Å²) >= 11 is 0. The van der Waals surface area contributed by atoms with E-state index in [4.69, 9.17) is 40.3 Å². The molecule has 13 heteroatoms. The fourth-order valence-electron chi connectivity index (χ4n) is 8.59. The number of allylic oxidation sites excluding steroid dienone is 2. The van der Waals surface area contributed by atoms with E-state index < -0.39 is 0 Å². The lowest BCUT2D eigenvalue weighted by atomic mass is 9.86. The number of pyridine rings is 1. The number of anilines is 8. The van der Waals surface area contributed by atoms with E-state index in [2.05, 4.69) is 74.0 Å². The summed E-state index contributed by atoms with van der Waals surface area (Å²) in [6.07, 6.45) is 11.5. The average molecular weight is 786 g/mol. The van der Waals surface area contributed by atoms with Crippen LogP contribution in [-0.2, 0) is 0 Å². The van der Waals surface area contributed by atoms with Crippen molar-refractivity contribution in [2.45, 2.75) is 52.4 Å². The molecule has 0 aliphatic carbocycles. The van der Waals surface area contributed by atoms with E-state index >= 15 is 0 Å². The second-order valence-corrected chi connectivity index (χ2v) is 15.8. The number of aryl methyl sites for hydroxylation is 2. The van der Waals surface area contributed by atoms with Crippen LogP contribution in [0.2, 0.25) is 0 Å². The van der Waals surface area contributed by atoms with Gasteiger partial charge >= 0.3 is 0 Å². The van der Waals surface area contributed by atoms with Crippen molar-refractivity contribution in [3.63, 3.8) is 0 Å². The predicted octanol–water partition coefficient (Wildman–Crippen LogP) is 9.17. The van der Waals surface area contributed by atoms with Crippen LogP contribution in [0.15, 0.2) is 119 Å². The maximum atomic E-state index is 6.18. The molecule has 3 aromatic heterocycles. The number of aromatic nitrogens is 1. The van der Waals surface area contributed by atoms with E-state index in [9.17, 15) is 0 Å². The van der Waals surface area contributed by atoms with Gasteiger partial charge in [-0.05, 0) is 131 Å². The van der Waals surface area contributed by atoms with Gasteiger partial charge in [-0.2, -0.15) is 0 Å². The highest BCUT2D eigenvalue weighted by molar-refractivity contribution is 6.30. The number of rotatable bonds is 9. The second kappa shape index (κ2) is 15.1. The number of dihydropyridines is 1. The quantitative estimate of drug-likeness (QED) is 0.114. The Kier molecular flexibility index (Phi) is 9.35. The van der Waals surface area contributed by atoms with Crippen LogP contribution < -0.4 is 31.9 Å². The summed E-state index contributed by atoms with van der Waals surface area (Å²) in [5.41, 5.74) is 21.4. The van der Waals surface area contributed by atoms with Gasteiger partial charge in [0.1, 0.15) is 40.7 Å². The highest BCUT2D eigenvalue weighted by Gasteiger charge is 2.37. The number of nitrogens with one attached hydrogen (secondary N) is 2. The van der Waals surface area contributed by atoms with Crippen LogP contribution in [-0.4, -0.2) is 54.4 Å². The number of furan rings is 2. The summed E-state index contributed by atoms with van der Waals surface area (Å²) in [4.78, 5) is 29.8. The van der Waals surface area contributed by atoms with Gasteiger partial charge in [0.05, 0.1) is 22.8 Å². The topological polar surface area (TPSA) is 171 Å². The molecule has 0 amide bonds. The molecule has 59 heavy (non-hydrogen) atoms. The van der Waals surface area contributed by atoms with Crippen molar-refractivity contribution in [3.05, 3.63) is 119 Å². The van der Waals surface area contributed by atoms with Gasteiger partial charge in [-0.15, -0.1) is 0 Å². The molecule has 2 saturated heterocycles. The van der Waals surface area contributed by atoms with Gasteiger partial charge in [-0.1, -0.05) is 0 Å². The molecule has 0 spiro atoms. The van der Waals surface area contributed by atoms with Crippen LogP contribution in [0.5, 0.6) is 0 Å². The molecule has 0 saturated carbocycles. The Morgan fingerprint density at radius 3 is 1.73 bits per heavy atom. The Hall–Kier alpha value is -6.89. The number of nitrogen functional groups attached to an aromatic ring is 2. The van der Waals surface area contributed by atoms with Crippen molar-refractivity contribution < 1.29 is 8.83 Å². The van der Waals surface area contributed by atoms with Gasteiger partial charge in [-0.3, -0.25) is 0 Å². The van der Waals surface area contributed by atoms with Crippen LogP contribution >= 0.6 is 0 Å². The molecule has 8 heterocycles. The molecular formula is C46H47N11O2. The third kappa shape index (κ3) is 7.39. The minimum atomic E-state index is -0.378. The number of aliphatic imine (C=N–C) groups is 4. The lowest BCUT2D eigenvalue weighted by Gasteiger charge is -2.31. The van der Waals surface area contributed by atoms with Gasteiger partial charge in [0.25, 0.3) is 0 Å². The molecule has 298 valence electrons. The molecule has 0 bridgehead atoms. The lowest BCUT2D eigenvalue weighted by Crippen LogP contribution is -2.34. The molecule has 2 fully saturated rings. The van der Waals surface area contributed by atoms with Crippen molar-refractivity contribution in [3.8, 4) is 0 Å². The molecule has 0 radical (unpaired) electrons. The van der Waals surface area contributed by atoms with E-state index in [1.54, 1.807) is 12.1 Å². The molecule has 6 N–H and O–H groups in total. The van der Waals surface area contributed by atoms with Gasteiger partial charge in [0.2, 0.25) is 0 Å². The minimum absolute atomic E-state index is 0.278. The van der Waals surface area contributed by atoms with Crippen molar-refractivity contribution in [2.24, 2.45) is 25.9 Å². The summed E-state index contributed by atoms with van der Waals surface area (Å²) in [6.45, 7) is 8.00. The maximum absolute atomic E-state index is 6.18. The summed E-state index contributed by atoms with van der Waals surface area (Å²) in [7, 11) is 0. The average Bonchev–Trinajstić information content (AvgIpc) is 3.86.